The van der Waals surface area contributed by atoms with Gasteiger partial charge in [-0.2, -0.15) is 0 Å². The normalized spacial score (nSPS) is 17.0. The van der Waals surface area contributed by atoms with Gasteiger partial charge in [0.15, 0.2) is 5.69 Å². The Labute approximate surface area is 208 Å². The molecule has 186 valence electrons. The fourth-order valence-corrected chi connectivity index (χ4v) is 4.38. The SMILES string of the molecule is C[C@H](c1ccccc1)N(Cc1ccc(C(C)(C)C)cc1)Cc1nc(C(=O)NC[C@@H]2CCCO2)co1. The number of hydrogen-bond acceptors (Lipinski definition) is 5. The molecular formula is C29H37N3O3. The molecule has 6 nitrogen and oxygen atoms in total. The van der Waals surface area contributed by atoms with E-state index in [0.717, 1.165) is 26.0 Å². The Morgan fingerprint density at radius 3 is 2.51 bits per heavy atom. The van der Waals surface area contributed by atoms with Gasteiger partial charge in [-0.25, -0.2) is 4.98 Å². The van der Waals surface area contributed by atoms with Crippen molar-refractivity contribution in [3.63, 3.8) is 0 Å². The van der Waals surface area contributed by atoms with Gasteiger partial charge in [0.1, 0.15) is 6.26 Å². The second-order valence-electron chi connectivity index (χ2n) is 10.4. The number of aromatic nitrogens is 1. The minimum Gasteiger partial charge on any atom is -0.447 e. The van der Waals surface area contributed by atoms with E-state index in [1.807, 2.05) is 6.07 Å². The fraction of sp³-hybridized carbons (Fsp3) is 0.448. The van der Waals surface area contributed by atoms with Crippen molar-refractivity contribution in [3.8, 4) is 0 Å². The molecule has 1 aliphatic rings. The lowest BCUT2D eigenvalue weighted by Crippen LogP contribution is -2.32. The van der Waals surface area contributed by atoms with Crippen LogP contribution in [-0.2, 0) is 23.2 Å². The highest BCUT2D eigenvalue weighted by molar-refractivity contribution is 5.91. The third-order valence-corrected chi connectivity index (χ3v) is 6.67. The van der Waals surface area contributed by atoms with Crippen molar-refractivity contribution in [2.45, 2.75) is 71.2 Å². The van der Waals surface area contributed by atoms with Crippen LogP contribution in [0.5, 0.6) is 0 Å². The first-order valence-corrected chi connectivity index (χ1v) is 12.5. The zero-order chi connectivity index (χ0) is 24.8. The number of nitrogens with one attached hydrogen (secondary N) is 1. The van der Waals surface area contributed by atoms with Gasteiger partial charge in [0.2, 0.25) is 5.89 Å². The Kier molecular flexibility index (Phi) is 8.04. The number of ether oxygens (including phenoxy) is 1. The molecule has 2 heterocycles. The molecular weight excluding hydrogens is 438 g/mol. The molecule has 2 atom stereocenters. The summed E-state index contributed by atoms with van der Waals surface area (Å²) in [4.78, 5) is 19.4. The fourth-order valence-electron chi connectivity index (χ4n) is 4.38. The maximum Gasteiger partial charge on any atom is 0.273 e. The third kappa shape index (κ3) is 6.80. The molecule has 35 heavy (non-hydrogen) atoms. The summed E-state index contributed by atoms with van der Waals surface area (Å²) in [7, 11) is 0. The lowest BCUT2D eigenvalue weighted by Gasteiger charge is -2.29. The topological polar surface area (TPSA) is 67.6 Å². The summed E-state index contributed by atoms with van der Waals surface area (Å²) in [5.74, 6) is 0.303. The third-order valence-electron chi connectivity index (χ3n) is 6.67. The number of amides is 1. The van der Waals surface area contributed by atoms with Crippen LogP contribution in [0.1, 0.15) is 79.6 Å². The average molecular weight is 476 g/mol. The van der Waals surface area contributed by atoms with Crippen molar-refractivity contribution in [2.24, 2.45) is 0 Å². The van der Waals surface area contributed by atoms with Crippen LogP contribution < -0.4 is 5.32 Å². The number of hydrogen-bond donors (Lipinski definition) is 1. The number of carbonyl (C=O) groups excluding carboxylic acids is 1. The van der Waals surface area contributed by atoms with E-state index in [-0.39, 0.29) is 23.5 Å². The lowest BCUT2D eigenvalue weighted by atomic mass is 9.86. The zero-order valence-corrected chi connectivity index (χ0v) is 21.3. The Balaban J connectivity index is 1.47. The molecule has 1 amide bonds. The Hall–Kier alpha value is -2.96. The van der Waals surface area contributed by atoms with Gasteiger partial charge >= 0.3 is 0 Å². The molecule has 0 saturated carbocycles. The monoisotopic (exact) mass is 475 g/mol. The second kappa shape index (κ2) is 11.2. The molecule has 0 aliphatic carbocycles. The quantitative estimate of drug-likeness (QED) is 0.433. The van der Waals surface area contributed by atoms with Gasteiger partial charge in [-0.05, 0) is 41.9 Å². The molecule has 2 aromatic carbocycles. The van der Waals surface area contributed by atoms with Gasteiger partial charge in [0.25, 0.3) is 5.91 Å². The van der Waals surface area contributed by atoms with Crippen molar-refractivity contribution in [3.05, 3.63) is 89.1 Å². The Bertz CT molecular complexity index is 1080. The summed E-state index contributed by atoms with van der Waals surface area (Å²) in [6.07, 6.45) is 3.57. The molecule has 1 N–H and O–H groups in total. The second-order valence-corrected chi connectivity index (χ2v) is 10.4. The Morgan fingerprint density at radius 1 is 1.11 bits per heavy atom. The minimum atomic E-state index is -0.226. The largest absolute Gasteiger partial charge is 0.447 e. The molecule has 0 bridgehead atoms. The lowest BCUT2D eigenvalue weighted by molar-refractivity contribution is 0.0853. The van der Waals surface area contributed by atoms with Gasteiger partial charge in [0, 0.05) is 25.7 Å². The highest BCUT2D eigenvalue weighted by Crippen LogP contribution is 2.26. The molecule has 1 saturated heterocycles. The van der Waals surface area contributed by atoms with E-state index in [1.165, 1.54) is 23.0 Å². The van der Waals surface area contributed by atoms with Crippen LogP contribution in [0.25, 0.3) is 0 Å². The predicted octanol–water partition coefficient (Wildman–Crippen LogP) is 5.64. The van der Waals surface area contributed by atoms with Crippen LogP contribution in [-0.4, -0.2) is 35.0 Å². The molecule has 1 aromatic heterocycles. The van der Waals surface area contributed by atoms with Gasteiger partial charge in [-0.15, -0.1) is 0 Å². The summed E-state index contributed by atoms with van der Waals surface area (Å²) < 4.78 is 11.3. The Morgan fingerprint density at radius 2 is 1.86 bits per heavy atom. The predicted molar refractivity (Wildman–Crippen MR) is 137 cm³/mol. The molecule has 0 spiro atoms. The van der Waals surface area contributed by atoms with Gasteiger partial charge in [-0.3, -0.25) is 9.69 Å². The van der Waals surface area contributed by atoms with Gasteiger partial charge in [-0.1, -0.05) is 75.4 Å². The van der Waals surface area contributed by atoms with E-state index < -0.39 is 0 Å². The number of rotatable bonds is 9. The maximum atomic E-state index is 12.6. The van der Waals surface area contributed by atoms with Crippen LogP contribution in [0, 0.1) is 0 Å². The van der Waals surface area contributed by atoms with E-state index in [2.05, 4.69) is 91.4 Å². The highest BCUT2D eigenvalue weighted by atomic mass is 16.5. The number of nitrogens with zero attached hydrogens (tertiary/aromatic N) is 2. The smallest absolute Gasteiger partial charge is 0.273 e. The standard InChI is InChI=1S/C29H37N3O3/c1-21(23-9-6-5-7-10-23)32(18-22-12-14-24(15-13-22)29(2,3)4)19-27-31-26(20-35-27)28(33)30-17-25-11-8-16-34-25/h5-7,9-10,12-15,20-21,25H,8,11,16-19H2,1-4H3,(H,30,33)/t21-,25+/m1/s1. The van der Waals surface area contributed by atoms with E-state index in [1.54, 1.807) is 0 Å². The van der Waals surface area contributed by atoms with Crippen LogP contribution in [0.2, 0.25) is 0 Å². The summed E-state index contributed by atoms with van der Waals surface area (Å²) in [6.45, 7) is 11.4. The first kappa shape index (κ1) is 25.1. The summed E-state index contributed by atoms with van der Waals surface area (Å²) in [5, 5.41) is 2.91. The van der Waals surface area contributed by atoms with E-state index in [9.17, 15) is 4.79 Å². The molecule has 4 rings (SSSR count). The zero-order valence-electron chi connectivity index (χ0n) is 21.3. The van der Waals surface area contributed by atoms with Crippen LogP contribution in [0.4, 0.5) is 0 Å². The number of oxazole rings is 1. The van der Waals surface area contributed by atoms with Crippen molar-refractivity contribution in [1.82, 2.24) is 15.2 Å². The van der Waals surface area contributed by atoms with Crippen LogP contribution >= 0.6 is 0 Å². The minimum absolute atomic E-state index is 0.0946. The van der Waals surface area contributed by atoms with Gasteiger partial charge < -0.3 is 14.5 Å². The van der Waals surface area contributed by atoms with Crippen molar-refractivity contribution < 1.29 is 13.9 Å². The van der Waals surface area contributed by atoms with Gasteiger partial charge in [0.05, 0.1) is 12.6 Å². The van der Waals surface area contributed by atoms with Crippen LogP contribution in [0.3, 0.4) is 0 Å². The molecule has 0 unspecified atom stereocenters. The molecule has 1 aliphatic heterocycles. The molecule has 6 heteroatoms. The molecule has 1 fully saturated rings. The maximum absolute atomic E-state index is 12.6. The average Bonchev–Trinajstić information content (AvgIpc) is 3.54. The van der Waals surface area contributed by atoms with E-state index in [0.29, 0.717) is 24.7 Å². The summed E-state index contributed by atoms with van der Waals surface area (Å²) in [5.41, 5.74) is 4.19. The highest BCUT2D eigenvalue weighted by Gasteiger charge is 2.22. The molecule has 0 radical (unpaired) electrons. The summed E-state index contributed by atoms with van der Waals surface area (Å²) in [6, 6.07) is 19.4. The first-order chi connectivity index (χ1) is 16.8. The summed E-state index contributed by atoms with van der Waals surface area (Å²) >= 11 is 0. The van der Waals surface area contributed by atoms with E-state index in [4.69, 9.17) is 9.15 Å². The number of benzene rings is 2. The number of carbonyl (C=O) groups is 1. The van der Waals surface area contributed by atoms with Crippen molar-refractivity contribution >= 4 is 5.91 Å². The van der Waals surface area contributed by atoms with E-state index >= 15 is 0 Å². The molecule has 3 aromatic rings. The van der Waals surface area contributed by atoms with Crippen molar-refractivity contribution in [2.75, 3.05) is 13.2 Å². The van der Waals surface area contributed by atoms with Crippen molar-refractivity contribution in [1.29, 1.82) is 0 Å². The first-order valence-electron chi connectivity index (χ1n) is 12.5. The van der Waals surface area contributed by atoms with Crippen LogP contribution in [0.15, 0.2) is 65.3 Å².